The number of fused-ring (bicyclic) bond motifs is 1. The molecule has 2 heterocycles. The standard InChI is InChI=1S/C17H27N3O/c1-13(2)11-19-7-9-20(10-8-19)15-12-21-16-6-4-3-5-14(16)17(15)18/h3-6,13,15,17H,7-12,18H2,1-2H3. The molecule has 4 heteroatoms. The molecule has 0 radical (unpaired) electrons. The average molecular weight is 289 g/mol. The van der Waals surface area contributed by atoms with Gasteiger partial charge in [0.05, 0.1) is 12.1 Å². The second-order valence-electron chi connectivity index (χ2n) is 6.67. The number of rotatable bonds is 3. The third-order valence-corrected chi connectivity index (χ3v) is 4.60. The number of para-hydroxylation sites is 1. The van der Waals surface area contributed by atoms with Crippen molar-refractivity contribution >= 4 is 0 Å². The van der Waals surface area contributed by atoms with E-state index in [1.54, 1.807) is 0 Å². The van der Waals surface area contributed by atoms with Crippen LogP contribution in [-0.2, 0) is 0 Å². The van der Waals surface area contributed by atoms with E-state index in [-0.39, 0.29) is 6.04 Å². The van der Waals surface area contributed by atoms with Crippen LogP contribution in [-0.4, -0.2) is 55.2 Å². The largest absolute Gasteiger partial charge is 0.492 e. The summed E-state index contributed by atoms with van der Waals surface area (Å²) in [6, 6.07) is 8.54. The van der Waals surface area contributed by atoms with Crippen molar-refractivity contribution in [2.24, 2.45) is 11.7 Å². The Balaban J connectivity index is 1.62. The zero-order chi connectivity index (χ0) is 14.8. The van der Waals surface area contributed by atoms with Gasteiger partial charge in [0.15, 0.2) is 0 Å². The molecule has 2 unspecified atom stereocenters. The molecule has 2 aliphatic heterocycles. The van der Waals surface area contributed by atoms with Crippen molar-refractivity contribution in [2.75, 3.05) is 39.3 Å². The van der Waals surface area contributed by atoms with Crippen molar-refractivity contribution in [3.63, 3.8) is 0 Å². The minimum Gasteiger partial charge on any atom is -0.492 e. The molecule has 1 aromatic rings. The Hall–Kier alpha value is -1.10. The molecule has 0 aliphatic carbocycles. The molecule has 21 heavy (non-hydrogen) atoms. The highest BCUT2D eigenvalue weighted by atomic mass is 16.5. The summed E-state index contributed by atoms with van der Waals surface area (Å²) in [5.41, 5.74) is 7.65. The molecule has 2 N–H and O–H groups in total. The summed E-state index contributed by atoms with van der Waals surface area (Å²) in [5, 5.41) is 0. The summed E-state index contributed by atoms with van der Waals surface area (Å²) in [4.78, 5) is 5.07. The van der Waals surface area contributed by atoms with Crippen LogP contribution in [0.2, 0.25) is 0 Å². The first-order chi connectivity index (χ1) is 10.1. The van der Waals surface area contributed by atoms with Crippen molar-refractivity contribution in [1.82, 2.24) is 9.80 Å². The highest BCUT2D eigenvalue weighted by Gasteiger charge is 2.33. The van der Waals surface area contributed by atoms with Crippen molar-refractivity contribution in [1.29, 1.82) is 0 Å². The van der Waals surface area contributed by atoms with E-state index in [0.29, 0.717) is 12.6 Å². The molecular formula is C17H27N3O. The zero-order valence-electron chi connectivity index (χ0n) is 13.2. The van der Waals surface area contributed by atoms with Crippen LogP contribution in [0.5, 0.6) is 5.75 Å². The molecule has 0 aromatic heterocycles. The molecule has 3 rings (SSSR count). The van der Waals surface area contributed by atoms with Gasteiger partial charge in [0.2, 0.25) is 0 Å². The van der Waals surface area contributed by atoms with Gasteiger partial charge in [-0.25, -0.2) is 0 Å². The fourth-order valence-electron chi connectivity index (χ4n) is 3.50. The number of hydrogen-bond donors (Lipinski definition) is 1. The average Bonchev–Trinajstić information content (AvgIpc) is 2.48. The van der Waals surface area contributed by atoms with Gasteiger partial charge in [-0.1, -0.05) is 32.0 Å². The van der Waals surface area contributed by atoms with Gasteiger partial charge in [-0.2, -0.15) is 0 Å². The molecule has 1 aromatic carbocycles. The van der Waals surface area contributed by atoms with E-state index in [2.05, 4.69) is 29.7 Å². The summed E-state index contributed by atoms with van der Waals surface area (Å²) in [6.07, 6.45) is 0. The van der Waals surface area contributed by atoms with E-state index >= 15 is 0 Å². The lowest BCUT2D eigenvalue weighted by Gasteiger charge is -2.43. The fraction of sp³-hybridized carbons (Fsp3) is 0.647. The normalized spacial score (nSPS) is 27.4. The second kappa shape index (κ2) is 6.34. The topological polar surface area (TPSA) is 41.7 Å². The predicted molar refractivity (Wildman–Crippen MR) is 85.5 cm³/mol. The van der Waals surface area contributed by atoms with Crippen LogP contribution in [0.1, 0.15) is 25.5 Å². The Morgan fingerprint density at radius 3 is 2.62 bits per heavy atom. The Labute approximate surface area is 127 Å². The van der Waals surface area contributed by atoms with E-state index in [4.69, 9.17) is 10.5 Å². The molecule has 0 bridgehead atoms. The Morgan fingerprint density at radius 2 is 1.90 bits per heavy atom. The van der Waals surface area contributed by atoms with Crippen LogP contribution in [0.15, 0.2) is 24.3 Å². The summed E-state index contributed by atoms with van der Waals surface area (Å²) < 4.78 is 5.92. The van der Waals surface area contributed by atoms with E-state index < -0.39 is 0 Å². The SMILES string of the molecule is CC(C)CN1CCN(C2COc3ccccc3C2N)CC1. The molecule has 1 saturated heterocycles. The smallest absolute Gasteiger partial charge is 0.124 e. The molecule has 0 spiro atoms. The maximum absolute atomic E-state index is 6.50. The van der Waals surface area contributed by atoms with Crippen LogP contribution in [0.4, 0.5) is 0 Å². The lowest BCUT2D eigenvalue weighted by atomic mass is 9.95. The minimum absolute atomic E-state index is 0.0617. The minimum atomic E-state index is 0.0617. The van der Waals surface area contributed by atoms with Gasteiger partial charge >= 0.3 is 0 Å². The highest BCUT2D eigenvalue weighted by molar-refractivity contribution is 5.38. The summed E-state index contributed by atoms with van der Waals surface area (Å²) in [5.74, 6) is 1.70. The number of hydrogen-bond acceptors (Lipinski definition) is 4. The quantitative estimate of drug-likeness (QED) is 0.920. The van der Waals surface area contributed by atoms with Gasteiger partial charge in [-0.05, 0) is 12.0 Å². The molecule has 0 saturated carbocycles. The van der Waals surface area contributed by atoms with Crippen LogP contribution in [0, 0.1) is 5.92 Å². The van der Waals surface area contributed by atoms with Crippen LogP contribution in [0.25, 0.3) is 0 Å². The van der Waals surface area contributed by atoms with Gasteiger partial charge in [0.1, 0.15) is 12.4 Å². The van der Waals surface area contributed by atoms with Crippen LogP contribution in [0.3, 0.4) is 0 Å². The van der Waals surface area contributed by atoms with Gasteiger partial charge in [-0.3, -0.25) is 4.90 Å². The molecule has 4 nitrogen and oxygen atoms in total. The maximum atomic E-state index is 6.50. The Morgan fingerprint density at radius 1 is 1.19 bits per heavy atom. The Kier molecular flexibility index (Phi) is 4.48. The number of ether oxygens (including phenoxy) is 1. The van der Waals surface area contributed by atoms with Crippen molar-refractivity contribution in [3.8, 4) is 5.75 Å². The Bertz CT molecular complexity index is 469. The van der Waals surface area contributed by atoms with Gasteiger partial charge in [-0.15, -0.1) is 0 Å². The molecule has 0 amide bonds. The third kappa shape index (κ3) is 3.23. The van der Waals surface area contributed by atoms with Crippen LogP contribution < -0.4 is 10.5 Å². The summed E-state index contributed by atoms with van der Waals surface area (Å²) >= 11 is 0. The summed E-state index contributed by atoms with van der Waals surface area (Å²) in [6.45, 7) is 11.0. The van der Waals surface area contributed by atoms with Gasteiger partial charge in [0, 0.05) is 38.3 Å². The van der Waals surface area contributed by atoms with Crippen molar-refractivity contribution in [3.05, 3.63) is 29.8 Å². The molecule has 2 atom stereocenters. The third-order valence-electron chi connectivity index (χ3n) is 4.60. The van der Waals surface area contributed by atoms with Gasteiger partial charge in [0.25, 0.3) is 0 Å². The zero-order valence-corrected chi connectivity index (χ0v) is 13.2. The first-order valence-corrected chi connectivity index (χ1v) is 8.09. The second-order valence-corrected chi connectivity index (χ2v) is 6.67. The number of benzene rings is 1. The lowest BCUT2D eigenvalue weighted by molar-refractivity contribution is 0.0461. The number of nitrogens with zero attached hydrogens (tertiary/aromatic N) is 2. The monoisotopic (exact) mass is 289 g/mol. The lowest BCUT2D eigenvalue weighted by Crippen LogP contribution is -2.56. The fourth-order valence-corrected chi connectivity index (χ4v) is 3.50. The van der Waals surface area contributed by atoms with E-state index in [1.807, 2.05) is 18.2 Å². The molecule has 116 valence electrons. The number of piperazine rings is 1. The first-order valence-electron chi connectivity index (χ1n) is 8.09. The van der Waals surface area contributed by atoms with Crippen LogP contribution >= 0.6 is 0 Å². The van der Waals surface area contributed by atoms with Crippen molar-refractivity contribution in [2.45, 2.75) is 25.9 Å². The van der Waals surface area contributed by atoms with E-state index in [9.17, 15) is 0 Å². The van der Waals surface area contributed by atoms with E-state index in [0.717, 1.165) is 43.4 Å². The number of nitrogens with two attached hydrogens (primary N) is 1. The van der Waals surface area contributed by atoms with E-state index in [1.165, 1.54) is 6.54 Å². The maximum Gasteiger partial charge on any atom is 0.124 e. The van der Waals surface area contributed by atoms with Crippen molar-refractivity contribution < 1.29 is 4.74 Å². The summed E-state index contributed by atoms with van der Waals surface area (Å²) in [7, 11) is 0. The highest BCUT2D eigenvalue weighted by Crippen LogP contribution is 2.32. The molecule has 1 fully saturated rings. The predicted octanol–water partition coefficient (Wildman–Crippen LogP) is 1.72. The molecular weight excluding hydrogens is 262 g/mol. The van der Waals surface area contributed by atoms with Gasteiger partial charge < -0.3 is 15.4 Å². The molecule has 2 aliphatic rings. The first kappa shape index (κ1) is 14.8.